The fourth-order valence-corrected chi connectivity index (χ4v) is 4.41. The van der Waals surface area contributed by atoms with Crippen molar-refractivity contribution in [2.45, 2.75) is 73.3 Å². The van der Waals surface area contributed by atoms with Crippen molar-refractivity contribution in [1.82, 2.24) is 9.97 Å². The molecule has 1 aliphatic heterocycles. The second-order valence-electron chi connectivity index (χ2n) is 8.28. The van der Waals surface area contributed by atoms with Crippen LogP contribution in [0, 0.1) is 26.7 Å². The summed E-state index contributed by atoms with van der Waals surface area (Å²) < 4.78 is 0. The molecule has 0 aliphatic carbocycles. The number of aryl methyl sites for hydroxylation is 3. The molecule has 1 N–H and O–H groups in total. The maximum atomic E-state index is 13.3. The van der Waals surface area contributed by atoms with E-state index >= 15 is 0 Å². The molecule has 5 nitrogen and oxygen atoms in total. The number of aromatic nitrogens is 2. The van der Waals surface area contributed by atoms with Crippen molar-refractivity contribution in [3.05, 3.63) is 39.7 Å². The van der Waals surface area contributed by atoms with Gasteiger partial charge in [0.05, 0.1) is 5.69 Å². The van der Waals surface area contributed by atoms with E-state index in [2.05, 4.69) is 19.2 Å². The Hall–Kier alpha value is -2.14. The van der Waals surface area contributed by atoms with Gasteiger partial charge in [-0.05, 0) is 63.8 Å². The van der Waals surface area contributed by atoms with Crippen molar-refractivity contribution in [3.63, 3.8) is 0 Å². The lowest BCUT2D eigenvalue weighted by Gasteiger charge is -2.35. The number of unbranched alkanes of at least 4 members (excludes halogenated alkanes) is 1. The van der Waals surface area contributed by atoms with Gasteiger partial charge >= 0.3 is 0 Å². The van der Waals surface area contributed by atoms with Crippen molar-refractivity contribution >= 4 is 34.8 Å². The highest BCUT2D eigenvalue weighted by atomic mass is 35.5. The predicted octanol–water partition coefficient (Wildman–Crippen LogP) is 5.90. The molecule has 2 aromatic rings. The molecule has 1 amide bonds. The normalized spacial score (nSPS) is 17.3. The van der Waals surface area contributed by atoms with Crippen molar-refractivity contribution in [2.75, 3.05) is 10.2 Å². The third-order valence-corrected chi connectivity index (χ3v) is 5.73. The third kappa shape index (κ3) is 4.40. The lowest BCUT2D eigenvalue weighted by atomic mass is 9.93. The molecule has 2 atom stereocenters. The van der Waals surface area contributed by atoms with Gasteiger partial charge in [-0.25, -0.2) is 9.97 Å². The number of hydrogen-bond acceptors (Lipinski definition) is 4. The highest BCUT2D eigenvalue weighted by Gasteiger charge is 2.36. The summed E-state index contributed by atoms with van der Waals surface area (Å²) >= 11 is 6.24. The van der Waals surface area contributed by atoms with Gasteiger partial charge in [0.15, 0.2) is 0 Å². The second kappa shape index (κ2) is 8.70. The van der Waals surface area contributed by atoms with Gasteiger partial charge in [0.1, 0.15) is 17.5 Å². The molecular formula is C23H31ClN4O. The first-order valence-electron chi connectivity index (χ1n) is 10.5. The number of amides is 1. The fourth-order valence-electron chi connectivity index (χ4n) is 4.08. The minimum absolute atomic E-state index is 0.0640. The van der Waals surface area contributed by atoms with Crippen LogP contribution in [0.25, 0.3) is 0 Å². The Morgan fingerprint density at radius 1 is 1.24 bits per heavy atom. The Bertz CT molecular complexity index is 904. The van der Waals surface area contributed by atoms with Crippen molar-refractivity contribution in [3.8, 4) is 0 Å². The monoisotopic (exact) mass is 414 g/mol. The molecule has 1 aromatic carbocycles. The zero-order valence-corrected chi connectivity index (χ0v) is 19.0. The lowest BCUT2D eigenvalue weighted by Crippen LogP contribution is -2.39. The van der Waals surface area contributed by atoms with E-state index in [-0.39, 0.29) is 11.8 Å². The number of benzene rings is 1. The Balaban J connectivity index is 2.13. The Kier molecular flexibility index (Phi) is 6.47. The summed E-state index contributed by atoms with van der Waals surface area (Å²) in [6.07, 6.45) is 4.06. The van der Waals surface area contributed by atoms with Crippen LogP contribution in [0.2, 0.25) is 5.02 Å². The predicted molar refractivity (Wildman–Crippen MR) is 120 cm³/mol. The summed E-state index contributed by atoms with van der Waals surface area (Å²) in [5.74, 6) is 2.12. The standard InChI is InChI=1S/C23H31ClN4O/c1-7-8-9-16(5)25-21-19-12-15(4)23(29)28(22(19)27-17(6)26-21)20-13(2)10-18(24)11-14(20)3/h10-11,15-16H,7-9,12H2,1-6H3,(H,25,26,27). The lowest BCUT2D eigenvalue weighted by molar-refractivity contribution is -0.121. The van der Waals surface area contributed by atoms with E-state index in [1.54, 1.807) is 4.90 Å². The molecule has 0 bridgehead atoms. The quantitative estimate of drug-likeness (QED) is 0.638. The number of nitrogens with one attached hydrogen (secondary N) is 1. The molecule has 0 fully saturated rings. The van der Waals surface area contributed by atoms with E-state index in [9.17, 15) is 4.79 Å². The molecule has 156 valence electrons. The number of nitrogens with zero attached hydrogens (tertiary/aromatic N) is 3. The average Bonchev–Trinajstić information content (AvgIpc) is 2.63. The van der Waals surface area contributed by atoms with Gasteiger partial charge in [0.25, 0.3) is 0 Å². The number of carbonyl (C=O) groups excluding carboxylic acids is 1. The zero-order chi connectivity index (χ0) is 21.3. The number of hydrogen-bond donors (Lipinski definition) is 1. The SMILES string of the molecule is CCCCC(C)Nc1nc(C)nc2c1CC(C)C(=O)N2c1c(C)cc(Cl)cc1C. The fraction of sp³-hybridized carbons (Fsp3) is 0.522. The minimum atomic E-state index is -0.144. The van der Waals surface area contributed by atoms with Crippen LogP contribution in [0.4, 0.5) is 17.3 Å². The van der Waals surface area contributed by atoms with Crippen LogP contribution in [0.15, 0.2) is 12.1 Å². The molecule has 0 spiro atoms. The number of anilines is 3. The van der Waals surface area contributed by atoms with E-state index in [1.165, 1.54) is 12.8 Å². The highest BCUT2D eigenvalue weighted by molar-refractivity contribution is 6.31. The van der Waals surface area contributed by atoms with E-state index in [0.717, 1.165) is 34.6 Å². The van der Waals surface area contributed by atoms with Crippen molar-refractivity contribution < 1.29 is 4.79 Å². The smallest absolute Gasteiger partial charge is 0.235 e. The second-order valence-corrected chi connectivity index (χ2v) is 8.71. The van der Waals surface area contributed by atoms with Gasteiger partial charge in [0, 0.05) is 22.5 Å². The summed E-state index contributed by atoms with van der Waals surface area (Å²) in [4.78, 5) is 24.5. The van der Waals surface area contributed by atoms with E-state index < -0.39 is 0 Å². The Morgan fingerprint density at radius 3 is 2.52 bits per heavy atom. The molecule has 6 heteroatoms. The van der Waals surface area contributed by atoms with Gasteiger partial charge in [-0.1, -0.05) is 38.3 Å². The number of fused-ring (bicyclic) bond motifs is 1. The molecule has 29 heavy (non-hydrogen) atoms. The Labute approximate surface area is 178 Å². The van der Waals surface area contributed by atoms with Crippen LogP contribution in [0.1, 0.15) is 62.5 Å². The van der Waals surface area contributed by atoms with Gasteiger partial charge < -0.3 is 5.32 Å². The molecule has 1 aliphatic rings. The maximum Gasteiger partial charge on any atom is 0.235 e. The Morgan fingerprint density at radius 2 is 1.90 bits per heavy atom. The third-order valence-electron chi connectivity index (χ3n) is 5.51. The van der Waals surface area contributed by atoms with Gasteiger partial charge in [-0.15, -0.1) is 0 Å². The maximum absolute atomic E-state index is 13.3. The van der Waals surface area contributed by atoms with Crippen LogP contribution in [-0.2, 0) is 11.2 Å². The molecule has 2 unspecified atom stereocenters. The van der Waals surface area contributed by atoms with E-state index in [4.69, 9.17) is 21.6 Å². The molecule has 0 saturated heterocycles. The highest BCUT2D eigenvalue weighted by Crippen LogP contribution is 2.41. The first-order chi connectivity index (χ1) is 13.7. The minimum Gasteiger partial charge on any atom is -0.367 e. The summed E-state index contributed by atoms with van der Waals surface area (Å²) in [6.45, 7) is 12.2. The summed E-state index contributed by atoms with van der Waals surface area (Å²) in [6, 6.07) is 4.11. The first-order valence-corrected chi connectivity index (χ1v) is 10.9. The topological polar surface area (TPSA) is 58.1 Å². The molecule has 0 radical (unpaired) electrons. The van der Waals surface area contributed by atoms with E-state index in [1.807, 2.05) is 39.8 Å². The van der Waals surface area contributed by atoms with Crippen LogP contribution in [0.5, 0.6) is 0 Å². The van der Waals surface area contributed by atoms with Crippen LogP contribution < -0.4 is 10.2 Å². The van der Waals surface area contributed by atoms with Gasteiger partial charge in [-0.3, -0.25) is 9.69 Å². The number of carbonyl (C=O) groups is 1. The van der Waals surface area contributed by atoms with Crippen LogP contribution in [-0.4, -0.2) is 21.9 Å². The van der Waals surface area contributed by atoms with E-state index in [0.29, 0.717) is 29.1 Å². The van der Waals surface area contributed by atoms with Gasteiger partial charge in [-0.2, -0.15) is 0 Å². The van der Waals surface area contributed by atoms with Crippen LogP contribution in [0.3, 0.4) is 0 Å². The molecule has 0 saturated carbocycles. The molecule has 3 rings (SSSR count). The number of rotatable bonds is 6. The first kappa shape index (κ1) is 21.6. The number of halogens is 1. The summed E-state index contributed by atoms with van der Waals surface area (Å²) in [5.41, 5.74) is 3.81. The summed E-state index contributed by atoms with van der Waals surface area (Å²) in [7, 11) is 0. The largest absolute Gasteiger partial charge is 0.367 e. The molecular weight excluding hydrogens is 384 g/mol. The average molecular weight is 415 g/mol. The van der Waals surface area contributed by atoms with Gasteiger partial charge in [0.2, 0.25) is 5.91 Å². The zero-order valence-electron chi connectivity index (χ0n) is 18.3. The van der Waals surface area contributed by atoms with Crippen LogP contribution >= 0.6 is 11.6 Å². The van der Waals surface area contributed by atoms with Crippen molar-refractivity contribution in [2.24, 2.45) is 5.92 Å². The molecule has 2 heterocycles. The molecule has 1 aromatic heterocycles. The summed E-state index contributed by atoms with van der Waals surface area (Å²) in [5, 5.41) is 4.25. The van der Waals surface area contributed by atoms with Crippen molar-refractivity contribution in [1.29, 1.82) is 0 Å².